The summed E-state index contributed by atoms with van der Waals surface area (Å²) in [5.74, 6) is 6.33. The minimum atomic E-state index is -0.779. The van der Waals surface area contributed by atoms with E-state index in [1.807, 2.05) is 38.2 Å². The van der Waals surface area contributed by atoms with Gasteiger partial charge in [-0.15, -0.1) is 11.8 Å². The number of rotatable bonds is 8. The summed E-state index contributed by atoms with van der Waals surface area (Å²) in [7, 11) is 0. The molecule has 2 aliphatic rings. The molecular formula is C23H32O4. The first-order valence-electron chi connectivity index (χ1n) is 10.0. The molecule has 0 aromatic rings. The average molecular weight is 373 g/mol. The fraction of sp³-hybridized carbons (Fsp3) is 0.609. The highest BCUT2D eigenvalue weighted by molar-refractivity contribution is 5.66. The summed E-state index contributed by atoms with van der Waals surface area (Å²) < 4.78 is 0. The van der Waals surface area contributed by atoms with Crippen molar-refractivity contribution in [1.82, 2.24) is 0 Å². The number of carboxylic acids is 1. The second-order valence-electron chi connectivity index (χ2n) is 7.75. The molecule has 2 rings (SSSR count). The Morgan fingerprint density at radius 3 is 2.93 bits per heavy atom. The van der Waals surface area contributed by atoms with Crippen LogP contribution in [0.1, 0.15) is 52.4 Å². The van der Waals surface area contributed by atoms with E-state index in [4.69, 9.17) is 5.11 Å². The number of carbonyl (C=O) groups is 1. The van der Waals surface area contributed by atoms with Gasteiger partial charge in [0, 0.05) is 24.7 Å². The van der Waals surface area contributed by atoms with Gasteiger partial charge in [0.15, 0.2) is 0 Å². The Balaban J connectivity index is 1.88. The van der Waals surface area contributed by atoms with Crippen molar-refractivity contribution in [3.8, 4) is 11.8 Å². The van der Waals surface area contributed by atoms with Crippen LogP contribution in [0.25, 0.3) is 0 Å². The Morgan fingerprint density at radius 2 is 2.22 bits per heavy atom. The number of fused-ring (bicyclic) bond motifs is 1. The molecule has 148 valence electrons. The normalized spacial score (nSPS) is 29.4. The first kappa shape index (κ1) is 21.5. The number of allylic oxidation sites excluding steroid dienone is 4. The van der Waals surface area contributed by atoms with Gasteiger partial charge >= 0.3 is 5.97 Å². The predicted molar refractivity (Wildman–Crippen MR) is 107 cm³/mol. The molecule has 6 atom stereocenters. The number of hydrogen-bond donors (Lipinski definition) is 3. The number of aliphatic carboxylic acids is 1. The van der Waals surface area contributed by atoms with Gasteiger partial charge in [-0.2, -0.15) is 0 Å². The van der Waals surface area contributed by atoms with Gasteiger partial charge in [0.1, 0.15) is 0 Å². The summed E-state index contributed by atoms with van der Waals surface area (Å²) in [5.41, 5.74) is 1.23. The van der Waals surface area contributed by atoms with Crippen LogP contribution in [0, 0.1) is 35.5 Å². The molecule has 4 heteroatoms. The van der Waals surface area contributed by atoms with Crippen LogP contribution >= 0.6 is 0 Å². The molecule has 4 nitrogen and oxygen atoms in total. The van der Waals surface area contributed by atoms with Crippen molar-refractivity contribution in [3.05, 3.63) is 36.0 Å². The molecular weight excluding hydrogens is 340 g/mol. The summed E-state index contributed by atoms with van der Waals surface area (Å²) in [5, 5.41) is 29.3. The number of aliphatic hydroxyl groups excluding tert-OH is 2. The van der Waals surface area contributed by atoms with E-state index < -0.39 is 12.1 Å². The van der Waals surface area contributed by atoms with E-state index in [0.717, 1.165) is 19.3 Å². The SMILES string of the molecule is CCC#CC(C)C[C@H](O)/C=C\[C@H]1[C@H]2CC(C=CCCC(=O)O)=C[C@H]2C[C@H]1O. The average Bonchev–Trinajstić information content (AvgIpc) is 3.11. The van der Waals surface area contributed by atoms with Gasteiger partial charge in [0.2, 0.25) is 0 Å². The summed E-state index contributed by atoms with van der Waals surface area (Å²) in [6, 6.07) is 0. The predicted octanol–water partition coefficient (Wildman–Crippen LogP) is 3.71. The third-order valence-electron chi connectivity index (χ3n) is 5.43. The van der Waals surface area contributed by atoms with Crippen LogP contribution in [0.15, 0.2) is 36.0 Å². The first-order valence-corrected chi connectivity index (χ1v) is 10.0. The van der Waals surface area contributed by atoms with E-state index in [1.165, 1.54) is 5.57 Å². The molecule has 27 heavy (non-hydrogen) atoms. The zero-order valence-corrected chi connectivity index (χ0v) is 16.3. The molecule has 0 aromatic carbocycles. The van der Waals surface area contributed by atoms with Crippen molar-refractivity contribution in [1.29, 1.82) is 0 Å². The molecule has 1 saturated carbocycles. The third-order valence-corrected chi connectivity index (χ3v) is 5.43. The molecule has 0 bridgehead atoms. The molecule has 2 aliphatic carbocycles. The maximum atomic E-state index is 10.6. The number of carboxylic acid groups (broad SMARTS) is 1. The van der Waals surface area contributed by atoms with Crippen molar-refractivity contribution in [2.75, 3.05) is 0 Å². The van der Waals surface area contributed by atoms with Gasteiger partial charge in [0.25, 0.3) is 0 Å². The van der Waals surface area contributed by atoms with Crippen LogP contribution in [-0.4, -0.2) is 33.5 Å². The van der Waals surface area contributed by atoms with E-state index in [2.05, 4.69) is 17.9 Å². The van der Waals surface area contributed by atoms with Gasteiger partial charge in [0.05, 0.1) is 12.2 Å². The standard InChI is InChI=1S/C23H32O4/c1-3-4-7-16(2)12-19(24)10-11-20-21-14-17(8-5-6-9-23(26)27)13-18(21)15-22(20)25/h5,8,10-11,13,16,18-22,24-25H,3,6,9,12,14-15H2,1-2H3,(H,26,27)/b8-5?,11-10-/t16?,18-,19+,20-,21-,22+/m0/s1. The Labute approximate surface area is 162 Å². The minimum Gasteiger partial charge on any atom is -0.481 e. The summed E-state index contributed by atoms with van der Waals surface area (Å²) in [6.45, 7) is 4.03. The topological polar surface area (TPSA) is 77.8 Å². The molecule has 0 spiro atoms. The lowest BCUT2D eigenvalue weighted by Gasteiger charge is -2.18. The minimum absolute atomic E-state index is 0.0582. The molecule has 0 aromatic heterocycles. The van der Waals surface area contributed by atoms with Crippen LogP contribution < -0.4 is 0 Å². The van der Waals surface area contributed by atoms with Crippen LogP contribution in [0.3, 0.4) is 0 Å². The van der Waals surface area contributed by atoms with Crippen molar-refractivity contribution in [2.24, 2.45) is 23.7 Å². The Morgan fingerprint density at radius 1 is 1.44 bits per heavy atom. The van der Waals surface area contributed by atoms with Gasteiger partial charge in [-0.3, -0.25) is 4.79 Å². The van der Waals surface area contributed by atoms with Crippen LogP contribution in [0.4, 0.5) is 0 Å². The van der Waals surface area contributed by atoms with E-state index in [-0.39, 0.29) is 24.4 Å². The van der Waals surface area contributed by atoms with Crippen LogP contribution in [-0.2, 0) is 4.79 Å². The van der Waals surface area contributed by atoms with Crippen LogP contribution in [0.5, 0.6) is 0 Å². The molecule has 1 fully saturated rings. The lowest BCUT2D eigenvalue weighted by atomic mass is 9.88. The molecule has 1 unspecified atom stereocenters. The van der Waals surface area contributed by atoms with Crippen molar-refractivity contribution in [3.63, 3.8) is 0 Å². The highest BCUT2D eigenvalue weighted by Gasteiger charge is 2.42. The van der Waals surface area contributed by atoms with Crippen molar-refractivity contribution in [2.45, 2.75) is 64.6 Å². The highest BCUT2D eigenvalue weighted by atomic mass is 16.4. The molecule has 0 saturated heterocycles. The lowest BCUT2D eigenvalue weighted by molar-refractivity contribution is -0.136. The first-order chi connectivity index (χ1) is 12.9. The molecule has 0 amide bonds. The van der Waals surface area contributed by atoms with E-state index >= 15 is 0 Å². The molecule has 0 aliphatic heterocycles. The van der Waals surface area contributed by atoms with E-state index in [9.17, 15) is 15.0 Å². The quantitative estimate of drug-likeness (QED) is 0.448. The third kappa shape index (κ3) is 6.68. The number of hydrogen-bond acceptors (Lipinski definition) is 3. The molecule has 3 N–H and O–H groups in total. The second-order valence-corrected chi connectivity index (χ2v) is 7.75. The summed E-state index contributed by atoms with van der Waals surface area (Å²) >= 11 is 0. The fourth-order valence-electron chi connectivity index (χ4n) is 4.14. The van der Waals surface area contributed by atoms with Crippen molar-refractivity contribution < 1.29 is 20.1 Å². The van der Waals surface area contributed by atoms with Crippen molar-refractivity contribution >= 4 is 5.97 Å². The summed E-state index contributed by atoms with van der Waals surface area (Å²) in [6.07, 6.45) is 12.8. The maximum absolute atomic E-state index is 10.6. The van der Waals surface area contributed by atoms with E-state index in [0.29, 0.717) is 24.7 Å². The Bertz CT molecular complexity index is 649. The maximum Gasteiger partial charge on any atom is 0.303 e. The second kappa shape index (κ2) is 10.5. The zero-order valence-electron chi connectivity index (χ0n) is 16.3. The molecule has 0 heterocycles. The van der Waals surface area contributed by atoms with Gasteiger partial charge in [-0.25, -0.2) is 0 Å². The van der Waals surface area contributed by atoms with Gasteiger partial charge < -0.3 is 15.3 Å². The van der Waals surface area contributed by atoms with Crippen LogP contribution in [0.2, 0.25) is 0 Å². The zero-order chi connectivity index (χ0) is 19.8. The smallest absolute Gasteiger partial charge is 0.303 e. The van der Waals surface area contributed by atoms with E-state index in [1.54, 1.807) is 0 Å². The number of aliphatic hydroxyl groups is 2. The molecule has 0 radical (unpaired) electrons. The Kier molecular flexibility index (Phi) is 8.34. The Hall–Kier alpha value is -1.83. The summed E-state index contributed by atoms with van der Waals surface area (Å²) in [4.78, 5) is 10.6. The fourth-order valence-corrected chi connectivity index (χ4v) is 4.14. The lowest BCUT2D eigenvalue weighted by Crippen LogP contribution is -2.18. The van der Waals surface area contributed by atoms with Gasteiger partial charge in [-0.05, 0) is 37.5 Å². The highest BCUT2D eigenvalue weighted by Crippen LogP contribution is 2.47. The van der Waals surface area contributed by atoms with Gasteiger partial charge in [-0.1, -0.05) is 49.8 Å². The monoisotopic (exact) mass is 372 g/mol. The largest absolute Gasteiger partial charge is 0.481 e.